The highest BCUT2D eigenvalue weighted by molar-refractivity contribution is 7.80. The molecule has 1 atom stereocenters. The van der Waals surface area contributed by atoms with Crippen molar-refractivity contribution in [3.63, 3.8) is 0 Å². The molecule has 1 heterocycles. The third-order valence-electron chi connectivity index (χ3n) is 3.49. The van der Waals surface area contributed by atoms with E-state index in [0.29, 0.717) is 24.0 Å². The van der Waals surface area contributed by atoms with Gasteiger partial charge in [0.2, 0.25) is 0 Å². The van der Waals surface area contributed by atoms with Crippen LogP contribution in [-0.2, 0) is 11.3 Å². The van der Waals surface area contributed by atoms with Crippen molar-refractivity contribution in [1.29, 1.82) is 0 Å². The third-order valence-corrected chi connectivity index (χ3v) is 3.89. The lowest BCUT2D eigenvalue weighted by Crippen LogP contribution is -2.43. The van der Waals surface area contributed by atoms with Gasteiger partial charge < -0.3 is 20.1 Å². The zero-order chi connectivity index (χ0) is 15.1. The number of hydrogen-bond donors (Lipinski definition) is 2. The Morgan fingerprint density at radius 3 is 3.00 bits per heavy atom. The van der Waals surface area contributed by atoms with Crippen molar-refractivity contribution in [3.8, 4) is 5.75 Å². The SMILES string of the molecule is C=CCNC(=S)N(Cc1ccccc1O)CC1CCCO1. The van der Waals surface area contributed by atoms with Crippen LogP contribution in [0.3, 0.4) is 0 Å². The highest BCUT2D eigenvalue weighted by Crippen LogP contribution is 2.20. The lowest BCUT2D eigenvalue weighted by Gasteiger charge is -2.28. The molecule has 0 spiro atoms. The number of rotatable bonds is 6. The molecule has 0 saturated carbocycles. The first-order chi connectivity index (χ1) is 10.2. The van der Waals surface area contributed by atoms with Crippen LogP contribution in [0.4, 0.5) is 0 Å². The molecule has 2 rings (SSSR count). The Balaban J connectivity index is 2.04. The predicted molar refractivity (Wildman–Crippen MR) is 88.3 cm³/mol. The first-order valence-electron chi connectivity index (χ1n) is 7.23. The van der Waals surface area contributed by atoms with Crippen LogP contribution in [0.2, 0.25) is 0 Å². The molecule has 0 aliphatic carbocycles. The highest BCUT2D eigenvalue weighted by atomic mass is 32.1. The van der Waals surface area contributed by atoms with Crippen LogP contribution in [0.1, 0.15) is 18.4 Å². The van der Waals surface area contributed by atoms with Gasteiger partial charge >= 0.3 is 0 Å². The average Bonchev–Trinajstić information content (AvgIpc) is 2.99. The first-order valence-corrected chi connectivity index (χ1v) is 7.63. The maximum absolute atomic E-state index is 9.94. The van der Waals surface area contributed by atoms with Gasteiger partial charge in [-0.15, -0.1) is 6.58 Å². The van der Waals surface area contributed by atoms with Crippen LogP contribution in [-0.4, -0.2) is 40.9 Å². The molecule has 2 N–H and O–H groups in total. The van der Waals surface area contributed by atoms with Crippen LogP contribution in [0.5, 0.6) is 5.75 Å². The van der Waals surface area contributed by atoms with Gasteiger partial charge in [0.15, 0.2) is 5.11 Å². The number of benzene rings is 1. The minimum atomic E-state index is 0.208. The van der Waals surface area contributed by atoms with E-state index >= 15 is 0 Å². The van der Waals surface area contributed by atoms with Crippen LogP contribution >= 0.6 is 12.2 Å². The molecule has 21 heavy (non-hydrogen) atoms. The van der Waals surface area contributed by atoms with Crippen molar-refractivity contribution in [2.75, 3.05) is 19.7 Å². The summed E-state index contributed by atoms with van der Waals surface area (Å²) in [6.07, 6.45) is 4.14. The number of ether oxygens (including phenoxy) is 1. The van der Waals surface area contributed by atoms with E-state index in [9.17, 15) is 5.11 Å². The monoisotopic (exact) mass is 306 g/mol. The second-order valence-electron chi connectivity index (χ2n) is 5.12. The molecule has 1 fully saturated rings. The summed E-state index contributed by atoms with van der Waals surface area (Å²) in [6.45, 7) is 6.43. The summed E-state index contributed by atoms with van der Waals surface area (Å²) >= 11 is 5.45. The number of aromatic hydroxyl groups is 1. The summed E-state index contributed by atoms with van der Waals surface area (Å²) in [5.41, 5.74) is 0.859. The summed E-state index contributed by atoms with van der Waals surface area (Å²) in [4.78, 5) is 2.05. The van der Waals surface area contributed by atoms with E-state index in [-0.39, 0.29) is 6.10 Å². The molecule has 0 amide bonds. The van der Waals surface area contributed by atoms with Crippen LogP contribution < -0.4 is 5.32 Å². The van der Waals surface area contributed by atoms with Crippen molar-refractivity contribution in [2.24, 2.45) is 0 Å². The molecule has 0 radical (unpaired) electrons. The van der Waals surface area contributed by atoms with Gasteiger partial charge in [0.1, 0.15) is 5.75 Å². The number of phenolic OH excluding ortho intramolecular Hbond substituents is 1. The Morgan fingerprint density at radius 1 is 1.52 bits per heavy atom. The summed E-state index contributed by atoms with van der Waals surface area (Å²) < 4.78 is 5.69. The fourth-order valence-corrected chi connectivity index (χ4v) is 2.60. The Labute approximate surface area is 131 Å². The predicted octanol–water partition coefficient (Wildman–Crippen LogP) is 2.43. The van der Waals surface area contributed by atoms with Crippen LogP contribution in [0, 0.1) is 0 Å². The van der Waals surface area contributed by atoms with Gasteiger partial charge in [-0.25, -0.2) is 0 Å². The third kappa shape index (κ3) is 4.72. The van der Waals surface area contributed by atoms with Crippen LogP contribution in [0.25, 0.3) is 0 Å². The van der Waals surface area contributed by atoms with Gasteiger partial charge in [-0.1, -0.05) is 24.3 Å². The van der Waals surface area contributed by atoms with Gasteiger partial charge in [0.25, 0.3) is 0 Å². The maximum Gasteiger partial charge on any atom is 0.169 e. The number of para-hydroxylation sites is 1. The molecule has 1 aromatic rings. The molecular formula is C16H22N2O2S. The Kier molecular flexibility index (Phi) is 6.02. The van der Waals surface area contributed by atoms with E-state index < -0.39 is 0 Å². The molecule has 1 aliphatic rings. The molecule has 5 heteroatoms. The average molecular weight is 306 g/mol. The number of phenols is 1. The van der Waals surface area contributed by atoms with Crippen molar-refractivity contribution in [3.05, 3.63) is 42.5 Å². The lowest BCUT2D eigenvalue weighted by atomic mass is 10.1. The van der Waals surface area contributed by atoms with E-state index in [1.165, 1.54) is 0 Å². The molecule has 1 aliphatic heterocycles. The molecule has 0 aromatic heterocycles. The topological polar surface area (TPSA) is 44.7 Å². The smallest absolute Gasteiger partial charge is 0.169 e. The highest BCUT2D eigenvalue weighted by Gasteiger charge is 2.21. The van der Waals surface area contributed by atoms with E-state index in [1.807, 2.05) is 23.1 Å². The van der Waals surface area contributed by atoms with E-state index in [1.54, 1.807) is 12.1 Å². The summed E-state index contributed by atoms with van der Waals surface area (Å²) in [6, 6.07) is 7.34. The van der Waals surface area contributed by atoms with Crippen molar-refractivity contribution in [2.45, 2.75) is 25.5 Å². The maximum atomic E-state index is 9.94. The molecule has 1 aromatic carbocycles. The van der Waals surface area contributed by atoms with Gasteiger partial charge in [0, 0.05) is 31.8 Å². The van der Waals surface area contributed by atoms with Crippen molar-refractivity contribution >= 4 is 17.3 Å². The van der Waals surface area contributed by atoms with E-state index in [4.69, 9.17) is 17.0 Å². The standard InChI is InChI=1S/C16H22N2O2S/c1-2-9-17-16(21)18(12-14-7-5-10-20-14)11-13-6-3-4-8-15(13)19/h2-4,6,8,14,19H,1,5,7,9-12H2,(H,17,21). The fraction of sp³-hybridized carbons (Fsp3) is 0.438. The molecular weight excluding hydrogens is 284 g/mol. The van der Waals surface area contributed by atoms with Gasteiger partial charge in [-0.2, -0.15) is 0 Å². The van der Waals surface area contributed by atoms with Gasteiger partial charge in [0.05, 0.1) is 6.10 Å². The van der Waals surface area contributed by atoms with Gasteiger partial charge in [-0.3, -0.25) is 0 Å². The Morgan fingerprint density at radius 2 is 2.33 bits per heavy atom. The van der Waals surface area contributed by atoms with E-state index in [0.717, 1.165) is 31.6 Å². The fourth-order valence-electron chi connectivity index (χ4n) is 2.37. The molecule has 1 saturated heterocycles. The number of nitrogens with one attached hydrogen (secondary N) is 1. The summed E-state index contributed by atoms with van der Waals surface area (Å²) in [5.74, 6) is 0.293. The van der Waals surface area contributed by atoms with Gasteiger partial charge in [-0.05, 0) is 31.1 Å². The first kappa shape index (κ1) is 15.8. The summed E-state index contributed by atoms with van der Waals surface area (Å²) in [5, 5.41) is 13.7. The molecule has 114 valence electrons. The van der Waals surface area contributed by atoms with Crippen molar-refractivity contribution < 1.29 is 9.84 Å². The molecule has 4 nitrogen and oxygen atoms in total. The minimum absolute atomic E-state index is 0.208. The molecule has 0 bridgehead atoms. The Bertz CT molecular complexity index is 487. The minimum Gasteiger partial charge on any atom is -0.508 e. The van der Waals surface area contributed by atoms with Crippen molar-refractivity contribution in [1.82, 2.24) is 10.2 Å². The molecule has 1 unspecified atom stereocenters. The van der Waals surface area contributed by atoms with Crippen LogP contribution in [0.15, 0.2) is 36.9 Å². The normalized spacial score (nSPS) is 17.4. The quantitative estimate of drug-likeness (QED) is 0.624. The zero-order valence-corrected chi connectivity index (χ0v) is 12.9. The Hall–Kier alpha value is -1.59. The zero-order valence-electron chi connectivity index (χ0n) is 12.1. The second kappa shape index (κ2) is 8.00. The number of thiocarbonyl (C=S) groups is 1. The largest absolute Gasteiger partial charge is 0.508 e. The second-order valence-corrected chi connectivity index (χ2v) is 5.51. The lowest BCUT2D eigenvalue weighted by molar-refractivity contribution is 0.0896. The number of nitrogens with zero attached hydrogens (tertiary/aromatic N) is 1. The summed E-state index contributed by atoms with van der Waals surface area (Å²) in [7, 11) is 0. The number of hydrogen-bond acceptors (Lipinski definition) is 3. The van der Waals surface area contributed by atoms with E-state index in [2.05, 4.69) is 11.9 Å².